The second-order valence-corrected chi connectivity index (χ2v) is 7.36. The van der Waals surface area contributed by atoms with Crippen molar-refractivity contribution in [3.8, 4) is 0 Å². The zero-order valence-corrected chi connectivity index (χ0v) is 16.0. The van der Waals surface area contributed by atoms with Gasteiger partial charge in [0.15, 0.2) is 0 Å². The SMILES string of the molecule is COC(=O)c1coc2ccccc12.O=S(=O)(OF)C(F)(F)c1coc2ccccc12. The minimum atomic E-state index is -5.67. The summed E-state index contributed by atoms with van der Waals surface area (Å²) in [5, 5.41) is -3.86. The maximum absolute atomic E-state index is 13.5. The molecule has 0 spiro atoms. The highest BCUT2D eigenvalue weighted by Gasteiger charge is 2.51. The molecule has 2 aromatic heterocycles. The molecule has 0 aliphatic heterocycles. The molecule has 2 heterocycles. The molecule has 158 valence electrons. The summed E-state index contributed by atoms with van der Waals surface area (Å²) >= 11 is 0. The van der Waals surface area contributed by atoms with Gasteiger partial charge in [0.2, 0.25) is 0 Å². The summed E-state index contributed by atoms with van der Waals surface area (Å²) in [5.74, 6) is -0.370. The van der Waals surface area contributed by atoms with Crippen LogP contribution in [0.4, 0.5) is 13.3 Å². The molecule has 0 bridgehead atoms. The van der Waals surface area contributed by atoms with Gasteiger partial charge in [-0.15, -0.1) is 0 Å². The molecule has 0 atom stereocenters. The molecular weight excluding hydrogens is 429 g/mol. The molecule has 30 heavy (non-hydrogen) atoms. The average molecular weight is 442 g/mol. The van der Waals surface area contributed by atoms with Crippen LogP contribution in [0.3, 0.4) is 0 Å². The molecule has 0 saturated heterocycles. The predicted octanol–water partition coefficient (Wildman–Crippen LogP) is 4.93. The van der Waals surface area contributed by atoms with Crippen LogP contribution in [0.15, 0.2) is 69.9 Å². The van der Waals surface area contributed by atoms with Crippen LogP contribution in [0.1, 0.15) is 15.9 Å². The number of carbonyl (C=O) groups is 1. The Morgan fingerprint density at radius 3 is 2.07 bits per heavy atom. The molecule has 0 N–H and O–H groups in total. The first-order chi connectivity index (χ1) is 14.2. The zero-order valence-electron chi connectivity index (χ0n) is 15.2. The highest BCUT2D eigenvalue weighted by atomic mass is 32.2. The monoisotopic (exact) mass is 442 g/mol. The molecule has 0 aliphatic rings. The van der Waals surface area contributed by atoms with Crippen molar-refractivity contribution in [3.63, 3.8) is 0 Å². The minimum Gasteiger partial charge on any atom is -0.465 e. The van der Waals surface area contributed by atoms with E-state index in [2.05, 4.69) is 9.12 Å². The van der Waals surface area contributed by atoms with Crippen molar-refractivity contribution in [1.29, 1.82) is 0 Å². The molecular formula is C19H13F3O7S. The molecule has 0 unspecified atom stereocenters. The molecule has 4 rings (SSSR count). The number of benzene rings is 2. The highest BCUT2D eigenvalue weighted by Crippen LogP contribution is 2.40. The molecule has 0 saturated carbocycles. The number of ether oxygens (including phenoxy) is 1. The lowest BCUT2D eigenvalue weighted by Crippen LogP contribution is -2.26. The third kappa shape index (κ3) is 3.76. The first-order valence-electron chi connectivity index (χ1n) is 8.16. The third-order valence-corrected chi connectivity index (χ3v) is 5.09. The van der Waals surface area contributed by atoms with Crippen LogP contribution in [-0.4, -0.2) is 21.5 Å². The lowest BCUT2D eigenvalue weighted by atomic mass is 10.2. The van der Waals surface area contributed by atoms with Crippen molar-refractivity contribution in [3.05, 3.63) is 72.2 Å². The normalized spacial score (nSPS) is 11.9. The van der Waals surface area contributed by atoms with Gasteiger partial charge in [0.25, 0.3) is 0 Å². The summed E-state index contributed by atoms with van der Waals surface area (Å²) in [4.78, 5) is 11.2. The molecule has 0 amide bonds. The molecule has 4 aromatic rings. The van der Waals surface area contributed by atoms with Crippen LogP contribution in [-0.2, 0) is 24.5 Å². The van der Waals surface area contributed by atoms with Crippen LogP contribution >= 0.6 is 0 Å². The summed E-state index contributed by atoms with van der Waals surface area (Å²) in [7, 11) is -4.32. The Bertz CT molecular complexity index is 1290. The maximum atomic E-state index is 13.5. The molecule has 7 nitrogen and oxygen atoms in total. The highest BCUT2D eigenvalue weighted by molar-refractivity contribution is 7.87. The van der Waals surface area contributed by atoms with E-state index < -0.39 is 20.9 Å². The van der Waals surface area contributed by atoms with Crippen LogP contribution in [0.5, 0.6) is 0 Å². The Balaban J connectivity index is 0.000000177. The predicted molar refractivity (Wildman–Crippen MR) is 98.8 cm³/mol. The fraction of sp³-hybridized carbons (Fsp3) is 0.105. The lowest BCUT2D eigenvalue weighted by molar-refractivity contribution is -0.0287. The lowest BCUT2D eigenvalue weighted by Gasteiger charge is -2.11. The van der Waals surface area contributed by atoms with E-state index in [1.807, 2.05) is 24.3 Å². The van der Waals surface area contributed by atoms with Crippen molar-refractivity contribution in [2.24, 2.45) is 0 Å². The molecule has 11 heteroatoms. The number of alkyl halides is 2. The van der Waals surface area contributed by atoms with Crippen molar-refractivity contribution in [1.82, 2.24) is 0 Å². The van der Waals surface area contributed by atoms with Gasteiger partial charge in [0.05, 0.1) is 12.7 Å². The zero-order chi connectivity index (χ0) is 21.9. The van der Waals surface area contributed by atoms with Gasteiger partial charge in [-0.1, -0.05) is 40.8 Å². The summed E-state index contributed by atoms with van der Waals surface area (Å²) in [6, 6.07) is 12.9. The first kappa shape index (κ1) is 21.4. The molecule has 0 radical (unpaired) electrons. The van der Waals surface area contributed by atoms with E-state index in [1.165, 1.54) is 37.6 Å². The Labute approximate surface area is 167 Å². The van der Waals surface area contributed by atoms with Crippen molar-refractivity contribution < 1.29 is 44.5 Å². The number of methoxy groups -OCH3 is 1. The smallest absolute Gasteiger partial charge is 0.401 e. The Morgan fingerprint density at radius 1 is 0.933 bits per heavy atom. The Kier molecular flexibility index (Phi) is 5.85. The van der Waals surface area contributed by atoms with E-state index in [1.54, 1.807) is 0 Å². The van der Waals surface area contributed by atoms with Gasteiger partial charge < -0.3 is 13.6 Å². The van der Waals surface area contributed by atoms with Gasteiger partial charge in [-0.25, -0.2) is 4.79 Å². The summed E-state index contributed by atoms with van der Waals surface area (Å²) in [6.45, 7) is 0. The topological polar surface area (TPSA) is 96.0 Å². The average Bonchev–Trinajstić information content (AvgIpc) is 3.38. The van der Waals surface area contributed by atoms with E-state index >= 15 is 0 Å². The van der Waals surface area contributed by atoms with E-state index in [-0.39, 0.29) is 16.9 Å². The quantitative estimate of drug-likeness (QED) is 0.414. The van der Waals surface area contributed by atoms with Gasteiger partial charge in [0.1, 0.15) is 29.3 Å². The summed E-state index contributed by atoms with van der Waals surface area (Å²) in [5.41, 5.74) is 0.267. The number of fused-ring (bicyclic) bond motifs is 2. The second-order valence-electron chi connectivity index (χ2n) is 5.82. The number of carbonyl (C=O) groups excluding carboxylic acids is 1. The summed E-state index contributed by atoms with van der Waals surface area (Å²) in [6.07, 6.45) is 1.97. The number of hydrogen-bond donors (Lipinski definition) is 0. The molecule has 0 fully saturated rings. The van der Waals surface area contributed by atoms with Crippen LogP contribution in [0.25, 0.3) is 21.9 Å². The Hall–Kier alpha value is -3.31. The number of furan rings is 2. The van der Waals surface area contributed by atoms with Crippen LogP contribution in [0.2, 0.25) is 0 Å². The van der Waals surface area contributed by atoms with E-state index in [4.69, 9.17) is 8.83 Å². The minimum absolute atomic E-state index is 0.0660. The first-order valence-corrected chi connectivity index (χ1v) is 9.57. The fourth-order valence-electron chi connectivity index (χ4n) is 2.62. The van der Waals surface area contributed by atoms with E-state index in [9.17, 15) is 26.5 Å². The number of hydrogen-bond acceptors (Lipinski definition) is 7. The van der Waals surface area contributed by atoms with Crippen LogP contribution < -0.4 is 0 Å². The van der Waals surface area contributed by atoms with Crippen molar-refractivity contribution in [2.45, 2.75) is 5.25 Å². The third-order valence-electron chi connectivity index (χ3n) is 4.08. The van der Waals surface area contributed by atoms with Gasteiger partial charge >= 0.3 is 21.3 Å². The Morgan fingerprint density at radius 2 is 1.47 bits per heavy atom. The van der Waals surface area contributed by atoms with Gasteiger partial charge in [-0.05, 0) is 16.7 Å². The molecule has 0 aliphatic carbocycles. The van der Waals surface area contributed by atoms with Gasteiger partial charge in [0, 0.05) is 10.8 Å². The van der Waals surface area contributed by atoms with Crippen molar-refractivity contribution in [2.75, 3.05) is 7.11 Å². The summed E-state index contributed by atoms with van der Waals surface area (Å²) < 4.78 is 77.1. The number of rotatable bonds is 4. The number of halogens is 3. The van der Waals surface area contributed by atoms with Gasteiger partial charge in [-0.2, -0.15) is 17.2 Å². The van der Waals surface area contributed by atoms with E-state index in [0.717, 1.165) is 5.39 Å². The van der Waals surface area contributed by atoms with E-state index in [0.29, 0.717) is 17.4 Å². The maximum Gasteiger partial charge on any atom is 0.401 e. The molecule has 2 aromatic carbocycles. The standard InChI is InChI=1S/C10H8O3.C9H5F3O4S/c1-12-10(11)8-6-13-9-5-3-2-4-7(8)9;10-9(11,17(13,14)16-12)7-5-15-8-4-2-1-3-6(7)8/h2-6H,1H3;1-5H. The fourth-order valence-corrected chi connectivity index (χ4v) is 3.13. The largest absolute Gasteiger partial charge is 0.465 e. The van der Waals surface area contributed by atoms with Gasteiger partial charge in [-0.3, -0.25) is 0 Å². The van der Waals surface area contributed by atoms with Crippen molar-refractivity contribution >= 4 is 38.0 Å². The van der Waals surface area contributed by atoms with Crippen LogP contribution in [0, 0.1) is 0 Å². The number of esters is 1. The second kappa shape index (κ2) is 8.20. The number of para-hydroxylation sites is 2.